The monoisotopic (exact) mass is 467 g/mol. The van der Waals surface area contributed by atoms with Crippen LogP contribution in [0.15, 0.2) is 53.3 Å². The predicted octanol–water partition coefficient (Wildman–Crippen LogP) is 4.56. The molecule has 1 heterocycles. The fourth-order valence-corrected chi connectivity index (χ4v) is 4.04. The Hall–Kier alpha value is -3.55. The Kier molecular flexibility index (Phi) is 8.51. The summed E-state index contributed by atoms with van der Waals surface area (Å²) >= 11 is 0. The molecule has 7 nitrogen and oxygen atoms in total. The second kappa shape index (κ2) is 11.5. The summed E-state index contributed by atoms with van der Waals surface area (Å²) < 4.78 is 20.0. The van der Waals surface area contributed by atoms with E-state index in [0.29, 0.717) is 41.8 Å². The molecule has 0 aliphatic rings. The van der Waals surface area contributed by atoms with Gasteiger partial charge in [-0.05, 0) is 56.2 Å². The first-order valence-corrected chi connectivity index (χ1v) is 11.6. The average Bonchev–Trinajstić information content (AvgIpc) is 2.83. The van der Waals surface area contributed by atoms with E-state index in [4.69, 9.17) is 9.72 Å². The van der Waals surface area contributed by atoms with Crippen molar-refractivity contribution in [2.24, 2.45) is 0 Å². The third-order valence-corrected chi connectivity index (χ3v) is 5.58. The molecule has 0 fully saturated rings. The maximum Gasteiger partial charge on any atom is 0.306 e. The number of aromatic nitrogens is 2. The molecule has 2 aromatic carbocycles. The lowest BCUT2D eigenvalue weighted by atomic mass is 10.1. The van der Waals surface area contributed by atoms with Gasteiger partial charge in [0.15, 0.2) is 0 Å². The molecular weight excluding hydrogens is 437 g/mol. The molecule has 1 unspecified atom stereocenters. The number of benzene rings is 2. The Balaban J connectivity index is 2.13. The summed E-state index contributed by atoms with van der Waals surface area (Å²) in [5.74, 6) is -0.654. The number of amides is 1. The van der Waals surface area contributed by atoms with Crippen LogP contribution in [0.2, 0.25) is 0 Å². The lowest BCUT2D eigenvalue weighted by molar-refractivity contribution is -0.146. The fraction of sp³-hybridized carbons (Fsp3) is 0.385. The van der Waals surface area contributed by atoms with E-state index in [9.17, 15) is 18.8 Å². The fourth-order valence-electron chi connectivity index (χ4n) is 4.04. The Morgan fingerprint density at radius 1 is 1.06 bits per heavy atom. The molecule has 0 spiro atoms. The van der Waals surface area contributed by atoms with E-state index in [1.54, 1.807) is 36.1 Å². The number of esters is 1. The molecule has 0 N–H and O–H groups in total. The van der Waals surface area contributed by atoms with Crippen LogP contribution in [0, 0.1) is 5.82 Å². The normalized spacial score (nSPS) is 11.9. The Morgan fingerprint density at radius 2 is 1.76 bits per heavy atom. The highest BCUT2D eigenvalue weighted by molar-refractivity contribution is 5.82. The maximum atomic E-state index is 13.6. The van der Waals surface area contributed by atoms with Gasteiger partial charge in [0, 0.05) is 13.0 Å². The zero-order chi connectivity index (χ0) is 24.7. The van der Waals surface area contributed by atoms with Crippen molar-refractivity contribution in [2.45, 2.75) is 52.5 Å². The van der Waals surface area contributed by atoms with Crippen molar-refractivity contribution < 1.29 is 18.7 Å². The minimum absolute atomic E-state index is 0.00367. The van der Waals surface area contributed by atoms with Gasteiger partial charge in [-0.1, -0.05) is 26.0 Å². The highest BCUT2D eigenvalue weighted by Crippen LogP contribution is 2.27. The van der Waals surface area contributed by atoms with Crippen molar-refractivity contribution in [3.63, 3.8) is 0 Å². The van der Waals surface area contributed by atoms with Crippen LogP contribution in [-0.4, -0.2) is 39.5 Å². The highest BCUT2D eigenvalue weighted by Gasteiger charge is 2.28. The van der Waals surface area contributed by atoms with E-state index < -0.39 is 17.8 Å². The third-order valence-electron chi connectivity index (χ3n) is 5.58. The molecule has 0 bridgehead atoms. The minimum Gasteiger partial charge on any atom is -0.466 e. The first kappa shape index (κ1) is 25.1. The lowest BCUT2D eigenvalue weighted by Crippen LogP contribution is -2.39. The third kappa shape index (κ3) is 5.50. The molecule has 34 heavy (non-hydrogen) atoms. The average molecular weight is 468 g/mol. The number of nitrogens with zero attached hydrogens (tertiary/aromatic N) is 3. The van der Waals surface area contributed by atoms with Crippen LogP contribution < -0.4 is 5.56 Å². The summed E-state index contributed by atoms with van der Waals surface area (Å²) in [6.07, 6.45) is 1.18. The van der Waals surface area contributed by atoms with Crippen LogP contribution in [0.5, 0.6) is 0 Å². The second-order valence-electron chi connectivity index (χ2n) is 7.92. The SMILES string of the molecule is CCCN(C(=O)CCC(=O)OCC)C(CC)c1nc2ccccc2c(=O)n1-c1ccc(F)cc1. The lowest BCUT2D eigenvalue weighted by Gasteiger charge is -2.32. The molecule has 1 aromatic heterocycles. The van der Waals surface area contributed by atoms with Gasteiger partial charge >= 0.3 is 5.97 Å². The second-order valence-corrected chi connectivity index (χ2v) is 7.92. The van der Waals surface area contributed by atoms with Gasteiger partial charge in [-0.25, -0.2) is 9.37 Å². The van der Waals surface area contributed by atoms with E-state index in [2.05, 4.69) is 0 Å². The van der Waals surface area contributed by atoms with E-state index >= 15 is 0 Å². The van der Waals surface area contributed by atoms with Gasteiger partial charge in [0.05, 0.1) is 35.7 Å². The van der Waals surface area contributed by atoms with Crippen molar-refractivity contribution >= 4 is 22.8 Å². The van der Waals surface area contributed by atoms with E-state index in [1.165, 1.54) is 28.8 Å². The van der Waals surface area contributed by atoms with E-state index in [-0.39, 0.29) is 30.9 Å². The number of para-hydroxylation sites is 1. The standard InChI is InChI=1S/C26H30FN3O4/c1-4-17-29(23(31)15-16-24(32)34-6-3)22(5-2)25-28-21-10-8-7-9-20(21)26(33)30(25)19-13-11-18(27)12-14-19/h7-14,22H,4-6,15-17H2,1-3H3. The molecule has 0 aliphatic heterocycles. The molecule has 0 aliphatic carbocycles. The topological polar surface area (TPSA) is 81.5 Å². The summed E-state index contributed by atoms with van der Waals surface area (Å²) in [7, 11) is 0. The number of fused-ring (bicyclic) bond motifs is 1. The van der Waals surface area contributed by atoms with E-state index in [0.717, 1.165) is 0 Å². The van der Waals surface area contributed by atoms with Gasteiger partial charge in [0.1, 0.15) is 11.6 Å². The molecule has 0 saturated heterocycles. The predicted molar refractivity (Wildman–Crippen MR) is 128 cm³/mol. The van der Waals surface area contributed by atoms with Gasteiger partial charge in [0.2, 0.25) is 5.91 Å². The Bertz CT molecular complexity index is 1210. The molecule has 0 radical (unpaired) electrons. The quantitative estimate of drug-likeness (QED) is 0.409. The number of ether oxygens (including phenoxy) is 1. The minimum atomic E-state index is -0.517. The molecule has 1 atom stereocenters. The van der Waals surface area contributed by atoms with Crippen molar-refractivity contribution in [1.29, 1.82) is 0 Å². The molecule has 0 saturated carbocycles. The zero-order valence-corrected chi connectivity index (χ0v) is 19.8. The van der Waals surface area contributed by atoms with Gasteiger partial charge < -0.3 is 9.64 Å². The van der Waals surface area contributed by atoms with Gasteiger partial charge in [-0.15, -0.1) is 0 Å². The van der Waals surface area contributed by atoms with Gasteiger partial charge in [-0.3, -0.25) is 19.0 Å². The van der Waals surface area contributed by atoms with Gasteiger partial charge in [-0.2, -0.15) is 0 Å². The first-order chi connectivity index (χ1) is 16.4. The smallest absolute Gasteiger partial charge is 0.306 e. The van der Waals surface area contributed by atoms with E-state index in [1.807, 2.05) is 13.8 Å². The number of hydrogen-bond acceptors (Lipinski definition) is 5. The number of carbonyl (C=O) groups is 2. The first-order valence-electron chi connectivity index (χ1n) is 11.6. The van der Waals surface area contributed by atoms with Crippen LogP contribution in [-0.2, 0) is 14.3 Å². The van der Waals surface area contributed by atoms with Crippen molar-refractivity contribution in [2.75, 3.05) is 13.2 Å². The largest absolute Gasteiger partial charge is 0.466 e. The number of carbonyl (C=O) groups excluding carboxylic acids is 2. The van der Waals surface area contributed by atoms with Crippen LogP contribution in [0.4, 0.5) is 4.39 Å². The van der Waals surface area contributed by atoms with Crippen LogP contribution in [0.1, 0.15) is 58.3 Å². The number of halogens is 1. The summed E-state index contributed by atoms with van der Waals surface area (Å²) in [5, 5.41) is 0.432. The summed E-state index contributed by atoms with van der Waals surface area (Å²) in [6.45, 7) is 6.29. The molecule has 3 rings (SSSR count). The summed E-state index contributed by atoms with van der Waals surface area (Å²) in [5.41, 5.74) is 0.698. The van der Waals surface area contributed by atoms with Crippen molar-refractivity contribution in [3.05, 3.63) is 70.5 Å². The van der Waals surface area contributed by atoms with Crippen LogP contribution in [0.3, 0.4) is 0 Å². The van der Waals surface area contributed by atoms with Crippen LogP contribution in [0.25, 0.3) is 16.6 Å². The summed E-state index contributed by atoms with van der Waals surface area (Å²) in [6, 6.07) is 12.1. The van der Waals surface area contributed by atoms with Crippen molar-refractivity contribution in [1.82, 2.24) is 14.5 Å². The number of rotatable bonds is 10. The highest BCUT2D eigenvalue weighted by atomic mass is 19.1. The van der Waals surface area contributed by atoms with Gasteiger partial charge in [0.25, 0.3) is 5.56 Å². The molecular formula is C26H30FN3O4. The van der Waals surface area contributed by atoms with Crippen LogP contribution >= 0.6 is 0 Å². The van der Waals surface area contributed by atoms with Crippen molar-refractivity contribution in [3.8, 4) is 5.69 Å². The zero-order valence-electron chi connectivity index (χ0n) is 19.8. The summed E-state index contributed by atoms with van der Waals surface area (Å²) in [4.78, 5) is 45.1. The maximum absolute atomic E-state index is 13.6. The molecule has 8 heteroatoms. The molecule has 180 valence electrons. The molecule has 3 aromatic rings. The Morgan fingerprint density at radius 3 is 2.41 bits per heavy atom. The number of hydrogen-bond donors (Lipinski definition) is 0. The molecule has 1 amide bonds. The Labute approximate surface area is 198 Å².